The number of nitrogen functional groups attached to an aromatic ring is 1. The van der Waals surface area contributed by atoms with Crippen molar-refractivity contribution >= 4 is 11.5 Å². The zero-order valence-electron chi connectivity index (χ0n) is 10.0. The van der Waals surface area contributed by atoms with Crippen molar-refractivity contribution in [1.29, 1.82) is 0 Å². The van der Waals surface area contributed by atoms with Gasteiger partial charge in [0, 0.05) is 13.2 Å². The summed E-state index contributed by atoms with van der Waals surface area (Å²) < 4.78 is 0. The van der Waals surface area contributed by atoms with E-state index in [9.17, 15) is 0 Å². The predicted octanol–water partition coefficient (Wildman–Crippen LogP) is 1.79. The molecule has 0 saturated carbocycles. The molecule has 0 amide bonds. The second-order valence-corrected chi connectivity index (χ2v) is 4.04. The molecule has 1 rings (SSSR count). The Morgan fingerprint density at radius 2 is 2.25 bits per heavy atom. The first kappa shape index (κ1) is 12.8. The fourth-order valence-electron chi connectivity index (χ4n) is 1.55. The van der Waals surface area contributed by atoms with E-state index in [4.69, 9.17) is 10.8 Å². The number of rotatable bonds is 6. The third-order valence-corrected chi connectivity index (χ3v) is 2.81. The van der Waals surface area contributed by atoms with Crippen molar-refractivity contribution in [2.24, 2.45) is 5.92 Å². The van der Waals surface area contributed by atoms with E-state index in [0.29, 0.717) is 11.6 Å². The smallest absolute Gasteiger partial charge is 0.126 e. The largest absolute Gasteiger partial charge is 0.397 e. The van der Waals surface area contributed by atoms with E-state index in [1.54, 1.807) is 0 Å². The Bertz CT molecular complexity index is 328. The van der Waals surface area contributed by atoms with Crippen LogP contribution in [0.2, 0.25) is 0 Å². The Labute approximate surface area is 96.9 Å². The van der Waals surface area contributed by atoms with Crippen molar-refractivity contribution in [3.8, 4) is 0 Å². The van der Waals surface area contributed by atoms with Gasteiger partial charge in [0.05, 0.1) is 11.4 Å². The number of nitrogens with one attached hydrogen (secondary N) is 1. The highest BCUT2D eigenvalue weighted by atomic mass is 16.3. The van der Waals surface area contributed by atoms with Gasteiger partial charge < -0.3 is 16.2 Å². The van der Waals surface area contributed by atoms with Crippen LogP contribution in [0.4, 0.5) is 11.5 Å². The van der Waals surface area contributed by atoms with Crippen LogP contribution in [0.1, 0.15) is 25.5 Å². The van der Waals surface area contributed by atoms with Crippen molar-refractivity contribution in [3.05, 3.63) is 17.8 Å². The molecule has 16 heavy (non-hydrogen) atoms. The molecule has 1 heterocycles. The van der Waals surface area contributed by atoms with Gasteiger partial charge in [-0.1, -0.05) is 13.3 Å². The lowest BCUT2D eigenvalue weighted by Gasteiger charge is -2.15. The summed E-state index contributed by atoms with van der Waals surface area (Å²) in [7, 11) is 0. The van der Waals surface area contributed by atoms with Gasteiger partial charge >= 0.3 is 0 Å². The highest BCUT2D eigenvalue weighted by molar-refractivity contribution is 5.48. The fraction of sp³-hybridized carbons (Fsp3) is 0.583. The maximum Gasteiger partial charge on any atom is 0.126 e. The van der Waals surface area contributed by atoms with Crippen molar-refractivity contribution < 1.29 is 5.11 Å². The van der Waals surface area contributed by atoms with Gasteiger partial charge in [-0.3, -0.25) is 0 Å². The molecule has 0 saturated heterocycles. The number of pyridine rings is 1. The number of aliphatic hydroxyl groups is 1. The summed E-state index contributed by atoms with van der Waals surface area (Å²) in [6.45, 7) is 5.11. The second kappa shape index (κ2) is 6.33. The molecule has 0 fully saturated rings. The van der Waals surface area contributed by atoms with Crippen molar-refractivity contribution in [2.45, 2.75) is 26.7 Å². The average Bonchev–Trinajstić information content (AvgIpc) is 2.28. The molecule has 1 aromatic rings. The summed E-state index contributed by atoms with van der Waals surface area (Å²) >= 11 is 0. The van der Waals surface area contributed by atoms with Crippen molar-refractivity contribution in [3.63, 3.8) is 0 Å². The number of nitrogens with zero attached hydrogens (tertiary/aromatic N) is 1. The summed E-state index contributed by atoms with van der Waals surface area (Å²) in [4.78, 5) is 4.34. The van der Waals surface area contributed by atoms with E-state index >= 15 is 0 Å². The van der Waals surface area contributed by atoms with Gasteiger partial charge in [0.1, 0.15) is 5.82 Å². The predicted molar refractivity (Wildman–Crippen MR) is 67.4 cm³/mol. The zero-order chi connectivity index (χ0) is 12.0. The Morgan fingerprint density at radius 3 is 2.81 bits per heavy atom. The van der Waals surface area contributed by atoms with Crippen LogP contribution in [-0.4, -0.2) is 23.2 Å². The molecule has 0 aliphatic carbocycles. The molecule has 0 aromatic carbocycles. The first-order valence-electron chi connectivity index (χ1n) is 5.75. The third-order valence-electron chi connectivity index (χ3n) is 2.81. The molecule has 90 valence electrons. The van der Waals surface area contributed by atoms with Crippen LogP contribution >= 0.6 is 0 Å². The first-order valence-corrected chi connectivity index (χ1v) is 5.75. The summed E-state index contributed by atoms with van der Waals surface area (Å²) in [6, 6.07) is 3.74. The Morgan fingerprint density at radius 1 is 1.50 bits per heavy atom. The fourth-order valence-corrected chi connectivity index (χ4v) is 1.55. The quantitative estimate of drug-likeness (QED) is 0.687. The summed E-state index contributed by atoms with van der Waals surface area (Å²) in [5, 5.41) is 12.2. The molecule has 0 spiro atoms. The molecule has 1 atom stereocenters. The SMILES string of the molecule is CCC(CCO)CNc1ccc(N)c(C)n1. The Balaban J connectivity index is 2.50. The van der Waals surface area contributed by atoms with Gasteiger partial charge in [-0.15, -0.1) is 0 Å². The van der Waals surface area contributed by atoms with Gasteiger partial charge in [-0.25, -0.2) is 4.98 Å². The molecular weight excluding hydrogens is 202 g/mol. The van der Waals surface area contributed by atoms with Crippen LogP contribution in [0.5, 0.6) is 0 Å². The minimum absolute atomic E-state index is 0.244. The van der Waals surface area contributed by atoms with Gasteiger partial charge in [0.25, 0.3) is 0 Å². The molecule has 1 aromatic heterocycles. The van der Waals surface area contributed by atoms with Gasteiger partial charge in [0.15, 0.2) is 0 Å². The minimum atomic E-state index is 0.244. The van der Waals surface area contributed by atoms with Crippen LogP contribution in [0.3, 0.4) is 0 Å². The van der Waals surface area contributed by atoms with Crippen LogP contribution < -0.4 is 11.1 Å². The van der Waals surface area contributed by atoms with E-state index in [1.807, 2.05) is 19.1 Å². The van der Waals surface area contributed by atoms with E-state index < -0.39 is 0 Å². The molecule has 4 N–H and O–H groups in total. The lowest BCUT2D eigenvalue weighted by molar-refractivity contribution is 0.258. The molecular formula is C12H21N3O. The van der Waals surface area contributed by atoms with Crippen LogP contribution in [0.25, 0.3) is 0 Å². The van der Waals surface area contributed by atoms with E-state index in [-0.39, 0.29) is 6.61 Å². The molecule has 0 aliphatic rings. The number of hydrogen-bond acceptors (Lipinski definition) is 4. The molecule has 0 bridgehead atoms. The number of aryl methyl sites for hydroxylation is 1. The van der Waals surface area contributed by atoms with Crippen LogP contribution in [-0.2, 0) is 0 Å². The van der Waals surface area contributed by atoms with Crippen molar-refractivity contribution in [1.82, 2.24) is 4.98 Å². The van der Waals surface area contributed by atoms with Gasteiger partial charge in [0.2, 0.25) is 0 Å². The molecule has 4 heteroatoms. The number of hydrogen-bond donors (Lipinski definition) is 3. The number of anilines is 2. The van der Waals surface area contributed by atoms with Crippen molar-refractivity contribution in [2.75, 3.05) is 24.2 Å². The Hall–Kier alpha value is -1.29. The normalized spacial score (nSPS) is 12.4. The molecule has 1 unspecified atom stereocenters. The van der Waals surface area contributed by atoms with Gasteiger partial charge in [-0.05, 0) is 31.4 Å². The van der Waals surface area contributed by atoms with Crippen LogP contribution in [0.15, 0.2) is 12.1 Å². The maximum atomic E-state index is 8.89. The first-order chi connectivity index (χ1) is 7.67. The summed E-state index contributed by atoms with van der Waals surface area (Å²) in [6.07, 6.45) is 1.89. The highest BCUT2D eigenvalue weighted by Gasteiger charge is 2.06. The summed E-state index contributed by atoms with van der Waals surface area (Å²) in [5.41, 5.74) is 7.26. The maximum absolute atomic E-state index is 8.89. The lowest BCUT2D eigenvalue weighted by atomic mass is 10.0. The monoisotopic (exact) mass is 223 g/mol. The summed E-state index contributed by atoms with van der Waals surface area (Å²) in [5.74, 6) is 1.34. The van der Waals surface area contributed by atoms with Crippen LogP contribution in [0, 0.1) is 12.8 Å². The second-order valence-electron chi connectivity index (χ2n) is 4.04. The highest BCUT2D eigenvalue weighted by Crippen LogP contribution is 2.13. The minimum Gasteiger partial charge on any atom is -0.397 e. The van der Waals surface area contributed by atoms with Gasteiger partial charge in [-0.2, -0.15) is 0 Å². The third kappa shape index (κ3) is 3.70. The standard InChI is InChI=1S/C12H21N3O/c1-3-10(6-7-16)8-14-12-5-4-11(13)9(2)15-12/h4-5,10,16H,3,6-8,13H2,1-2H3,(H,14,15). The van der Waals surface area contributed by atoms with E-state index in [0.717, 1.165) is 30.9 Å². The molecule has 4 nitrogen and oxygen atoms in total. The molecule has 0 radical (unpaired) electrons. The Kier molecular flexibility index (Phi) is 5.05. The van der Waals surface area contributed by atoms with E-state index in [1.165, 1.54) is 0 Å². The number of nitrogens with two attached hydrogens (primary N) is 1. The number of aromatic nitrogens is 1. The molecule has 0 aliphatic heterocycles. The number of aliphatic hydroxyl groups excluding tert-OH is 1. The van der Waals surface area contributed by atoms with E-state index in [2.05, 4.69) is 17.2 Å². The zero-order valence-corrected chi connectivity index (χ0v) is 10.0. The topological polar surface area (TPSA) is 71.2 Å². The average molecular weight is 223 g/mol. The lowest BCUT2D eigenvalue weighted by Crippen LogP contribution is -2.15.